The lowest BCUT2D eigenvalue weighted by Crippen LogP contribution is -2.19. The van der Waals surface area contributed by atoms with Gasteiger partial charge >= 0.3 is 0 Å². The summed E-state index contributed by atoms with van der Waals surface area (Å²) in [6.45, 7) is 0. The second-order valence-electron chi connectivity index (χ2n) is 6.28. The normalized spacial score (nSPS) is 11.3. The van der Waals surface area contributed by atoms with Crippen LogP contribution in [0.4, 0.5) is 0 Å². The number of halogens is 1. The Bertz CT molecular complexity index is 1480. The molecule has 0 aliphatic heterocycles. The van der Waals surface area contributed by atoms with E-state index in [0.717, 1.165) is 21.2 Å². The molecule has 7 heteroatoms. The first-order valence-electron chi connectivity index (χ1n) is 8.50. The molecule has 0 aliphatic rings. The van der Waals surface area contributed by atoms with Crippen LogP contribution in [-0.2, 0) is 0 Å². The van der Waals surface area contributed by atoms with Crippen molar-refractivity contribution >= 4 is 56.1 Å². The van der Waals surface area contributed by atoms with E-state index in [0.29, 0.717) is 25.7 Å². The van der Waals surface area contributed by atoms with Crippen LogP contribution in [0.25, 0.3) is 37.1 Å². The van der Waals surface area contributed by atoms with Gasteiger partial charge in [0, 0.05) is 32.4 Å². The first kappa shape index (κ1) is 17.3. The monoisotopic (exact) mass is 421 g/mol. The molecule has 0 amide bonds. The van der Waals surface area contributed by atoms with Crippen molar-refractivity contribution in [2.75, 3.05) is 0 Å². The maximum Gasteiger partial charge on any atom is 0.276 e. The SMILES string of the molecule is O=c1c2sc(-c3ccccc3Cl)cc2[nH]c(=S)n1-c1cncc2ccccc12. The van der Waals surface area contributed by atoms with Gasteiger partial charge in [-0.2, -0.15) is 0 Å². The largest absolute Gasteiger partial charge is 0.331 e. The smallest absolute Gasteiger partial charge is 0.276 e. The van der Waals surface area contributed by atoms with E-state index in [4.69, 9.17) is 23.8 Å². The summed E-state index contributed by atoms with van der Waals surface area (Å²) in [6, 6.07) is 17.3. The van der Waals surface area contributed by atoms with Crippen LogP contribution in [-0.4, -0.2) is 14.5 Å². The summed E-state index contributed by atoms with van der Waals surface area (Å²) >= 11 is 13.3. The first-order valence-corrected chi connectivity index (χ1v) is 10.1. The minimum Gasteiger partial charge on any atom is -0.331 e. The van der Waals surface area contributed by atoms with Gasteiger partial charge in [-0.3, -0.25) is 9.78 Å². The van der Waals surface area contributed by atoms with E-state index < -0.39 is 0 Å². The number of pyridine rings is 1. The number of aromatic amines is 1. The van der Waals surface area contributed by atoms with Gasteiger partial charge in [-0.15, -0.1) is 11.3 Å². The van der Waals surface area contributed by atoms with Crippen molar-refractivity contribution in [3.05, 3.63) is 87.1 Å². The molecule has 1 N–H and O–H groups in total. The molecule has 3 aromatic heterocycles. The highest BCUT2D eigenvalue weighted by atomic mass is 35.5. The van der Waals surface area contributed by atoms with Crippen LogP contribution in [0.15, 0.2) is 71.8 Å². The number of H-pyrrole nitrogens is 1. The van der Waals surface area contributed by atoms with Crippen molar-refractivity contribution in [1.29, 1.82) is 0 Å². The third-order valence-electron chi connectivity index (χ3n) is 4.60. The molecular weight excluding hydrogens is 410 g/mol. The summed E-state index contributed by atoms with van der Waals surface area (Å²) in [7, 11) is 0. The first-order chi connectivity index (χ1) is 13.6. The molecule has 0 spiro atoms. The van der Waals surface area contributed by atoms with E-state index in [1.165, 1.54) is 15.9 Å². The number of nitrogens with zero attached hydrogens (tertiary/aromatic N) is 2. The third kappa shape index (κ3) is 2.69. The summed E-state index contributed by atoms with van der Waals surface area (Å²) < 4.78 is 2.44. The van der Waals surface area contributed by atoms with Crippen molar-refractivity contribution in [2.45, 2.75) is 0 Å². The van der Waals surface area contributed by atoms with Gasteiger partial charge in [-0.1, -0.05) is 54.1 Å². The molecule has 0 bridgehead atoms. The summed E-state index contributed by atoms with van der Waals surface area (Å²) in [4.78, 5) is 21.7. The van der Waals surface area contributed by atoms with Crippen LogP contribution in [0.3, 0.4) is 0 Å². The molecule has 0 radical (unpaired) electrons. The Morgan fingerprint density at radius 1 is 1.07 bits per heavy atom. The molecule has 0 saturated carbocycles. The van der Waals surface area contributed by atoms with Crippen molar-refractivity contribution in [2.24, 2.45) is 0 Å². The molecule has 4 nitrogen and oxygen atoms in total. The van der Waals surface area contributed by atoms with E-state index in [1.807, 2.05) is 54.6 Å². The number of thiophene rings is 1. The Labute approximate surface area is 173 Å². The maximum atomic E-state index is 13.3. The molecule has 136 valence electrons. The van der Waals surface area contributed by atoms with E-state index in [2.05, 4.69) is 9.97 Å². The molecule has 3 heterocycles. The van der Waals surface area contributed by atoms with Gasteiger partial charge in [0.05, 0.1) is 17.4 Å². The zero-order valence-corrected chi connectivity index (χ0v) is 16.7. The topological polar surface area (TPSA) is 50.7 Å². The fourth-order valence-corrected chi connectivity index (χ4v) is 4.97. The summed E-state index contributed by atoms with van der Waals surface area (Å²) in [6.07, 6.45) is 3.44. The second kappa shape index (κ2) is 6.67. The molecule has 0 unspecified atom stereocenters. The van der Waals surface area contributed by atoms with Gasteiger partial charge < -0.3 is 4.98 Å². The van der Waals surface area contributed by atoms with Gasteiger partial charge in [0.1, 0.15) is 4.70 Å². The lowest BCUT2D eigenvalue weighted by Gasteiger charge is -2.09. The lowest BCUT2D eigenvalue weighted by molar-refractivity contribution is 0.944. The molecule has 0 aliphatic carbocycles. The van der Waals surface area contributed by atoms with Crippen molar-refractivity contribution in [1.82, 2.24) is 14.5 Å². The average molecular weight is 422 g/mol. The highest BCUT2D eigenvalue weighted by Gasteiger charge is 2.15. The molecule has 5 aromatic rings. The van der Waals surface area contributed by atoms with Gasteiger partial charge in [-0.05, 0) is 24.4 Å². The Morgan fingerprint density at radius 2 is 1.86 bits per heavy atom. The highest BCUT2D eigenvalue weighted by Crippen LogP contribution is 2.35. The van der Waals surface area contributed by atoms with Crippen molar-refractivity contribution in [3.63, 3.8) is 0 Å². The minimum atomic E-state index is -0.166. The van der Waals surface area contributed by atoms with Crippen LogP contribution in [0.1, 0.15) is 0 Å². The fraction of sp³-hybridized carbons (Fsp3) is 0. The second-order valence-corrected chi connectivity index (χ2v) is 8.13. The number of nitrogens with one attached hydrogen (secondary N) is 1. The van der Waals surface area contributed by atoms with Crippen LogP contribution in [0, 0.1) is 4.77 Å². The number of hydrogen-bond acceptors (Lipinski definition) is 4. The molecule has 5 rings (SSSR count). The van der Waals surface area contributed by atoms with E-state index in [1.54, 1.807) is 12.4 Å². The number of aromatic nitrogens is 3. The predicted octanol–water partition coefficient (Wildman–Crippen LogP) is 5.98. The van der Waals surface area contributed by atoms with Gasteiger partial charge in [0.25, 0.3) is 5.56 Å². The molecule has 28 heavy (non-hydrogen) atoms. The van der Waals surface area contributed by atoms with Gasteiger partial charge in [0.15, 0.2) is 4.77 Å². The molecule has 0 fully saturated rings. The van der Waals surface area contributed by atoms with Gasteiger partial charge in [-0.25, -0.2) is 4.57 Å². The highest BCUT2D eigenvalue weighted by molar-refractivity contribution is 7.71. The van der Waals surface area contributed by atoms with Crippen molar-refractivity contribution in [3.8, 4) is 16.1 Å². The Balaban J connectivity index is 1.81. The number of fused-ring (bicyclic) bond motifs is 2. The average Bonchev–Trinajstić information content (AvgIpc) is 3.12. The minimum absolute atomic E-state index is 0.166. The number of rotatable bonds is 2. The molecule has 2 aromatic carbocycles. The maximum absolute atomic E-state index is 13.3. The van der Waals surface area contributed by atoms with E-state index in [-0.39, 0.29) is 5.56 Å². The van der Waals surface area contributed by atoms with E-state index in [9.17, 15) is 4.79 Å². The zero-order valence-electron chi connectivity index (χ0n) is 14.3. The van der Waals surface area contributed by atoms with Gasteiger partial charge in [0.2, 0.25) is 0 Å². The van der Waals surface area contributed by atoms with Crippen LogP contribution < -0.4 is 5.56 Å². The van der Waals surface area contributed by atoms with Crippen molar-refractivity contribution < 1.29 is 0 Å². The van der Waals surface area contributed by atoms with E-state index >= 15 is 0 Å². The standard InChI is InChI=1S/C21H12ClN3OS2/c22-15-8-4-3-7-14(15)18-9-16-19(28-18)20(26)25(21(27)24-16)17-11-23-10-12-5-1-2-6-13(12)17/h1-11H,(H,24,27). The summed E-state index contributed by atoms with van der Waals surface area (Å²) in [5.41, 5.74) is 2.10. The summed E-state index contributed by atoms with van der Waals surface area (Å²) in [5.74, 6) is 0. The van der Waals surface area contributed by atoms with Crippen LogP contribution in [0.2, 0.25) is 5.02 Å². The summed E-state index contributed by atoms with van der Waals surface area (Å²) in [5, 5.41) is 2.51. The Hall–Kier alpha value is -2.80. The molecule has 0 saturated heterocycles. The predicted molar refractivity (Wildman–Crippen MR) is 118 cm³/mol. The third-order valence-corrected chi connectivity index (χ3v) is 6.37. The number of benzene rings is 2. The Morgan fingerprint density at radius 3 is 2.71 bits per heavy atom. The van der Waals surface area contributed by atoms with Crippen LogP contribution >= 0.6 is 35.2 Å². The number of hydrogen-bond donors (Lipinski definition) is 1. The fourth-order valence-electron chi connectivity index (χ4n) is 3.30. The zero-order chi connectivity index (χ0) is 19.3. The lowest BCUT2D eigenvalue weighted by atomic mass is 10.1. The molecule has 0 atom stereocenters. The quantitative estimate of drug-likeness (QED) is 0.357. The Kier molecular flexibility index (Phi) is 4.12. The molecular formula is C21H12ClN3OS2. The van der Waals surface area contributed by atoms with Crippen LogP contribution in [0.5, 0.6) is 0 Å².